The Hall–Kier alpha value is -2.59. The molecule has 1 N–H and O–H groups in total. The lowest BCUT2D eigenvalue weighted by Gasteiger charge is -2.15. The van der Waals surface area contributed by atoms with Gasteiger partial charge >= 0.3 is 0 Å². The normalized spacial score (nSPS) is 13.8. The smallest absolute Gasteiger partial charge is 0.187 e. The first kappa shape index (κ1) is 15.3. The number of nitrogens with zero attached hydrogens (tertiary/aromatic N) is 5. The maximum atomic E-state index is 5.37. The first-order chi connectivity index (χ1) is 11.2. The van der Waals surface area contributed by atoms with Gasteiger partial charge in [0, 0.05) is 17.3 Å². The molecule has 0 radical (unpaired) electrons. The van der Waals surface area contributed by atoms with Crippen LogP contribution in [-0.4, -0.2) is 24.1 Å². The summed E-state index contributed by atoms with van der Waals surface area (Å²) < 4.78 is 3.55. The van der Waals surface area contributed by atoms with Crippen LogP contribution in [0, 0.1) is 12.3 Å². The highest BCUT2D eigenvalue weighted by Gasteiger charge is 2.14. The Morgan fingerprint density at radius 3 is 3.00 bits per heavy atom. The van der Waals surface area contributed by atoms with Crippen LogP contribution in [0.4, 0.5) is 0 Å². The number of fused-ring (bicyclic) bond motifs is 1. The molecule has 3 aromatic heterocycles. The molecule has 0 saturated heterocycles. The van der Waals surface area contributed by atoms with Crippen LogP contribution >= 0.6 is 11.3 Å². The number of hydrogen-bond donors (Lipinski definition) is 1. The molecule has 1 unspecified atom stereocenters. The van der Waals surface area contributed by atoms with Crippen LogP contribution in [0.1, 0.15) is 31.3 Å². The van der Waals surface area contributed by atoms with Crippen LogP contribution < -0.4 is 16.1 Å². The summed E-state index contributed by atoms with van der Waals surface area (Å²) >= 11 is 1.65. The Bertz CT molecular complexity index is 957. The molecular weight excluding hydrogens is 308 g/mol. The van der Waals surface area contributed by atoms with Gasteiger partial charge in [0.2, 0.25) is 0 Å². The molecular formula is C16H18N6S. The van der Waals surface area contributed by atoms with Crippen LogP contribution in [0.2, 0.25) is 0 Å². The van der Waals surface area contributed by atoms with Gasteiger partial charge in [-0.3, -0.25) is 4.40 Å². The van der Waals surface area contributed by atoms with Gasteiger partial charge in [-0.05, 0) is 13.3 Å². The van der Waals surface area contributed by atoms with Crippen molar-refractivity contribution < 1.29 is 0 Å². The average molecular weight is 326 g/mol. The summed E-state index contributed by atoms with van der Waals surface area (Å²) in [5, 5.41) is 11.9. The van der Waals surface area contributed by atoms with E-state index in [-0.39, 0.29) is 6.04 Å². The van der Waals surface area contributed by atoms with Gasteiger partial charge in [0.25, 0.3) is 0 Å². The molecule has 0 spiro atoms. The van der Waals surface area contributed by atoms with Crippen molar-refractivity contribution in [2.45, 2.75) is 32.9 Å². The Labute approximate surface area is 138 Å². The minimum absolute atomic E-state index is 0.166. The number of hydrogen-bond acceptors (Lipinski definition) is 5. The van der Waals surface area contributed by atoms with Gasteiger partial charge in [0.1, 0.15) is 28.7 Å². The number of nitrogens with one attached hydrogen (secondary N) is 1. The standard InChI is InChI=1S/C16H18N6S/c1-5-8-22-12(4)21-10-18-14(15(21)20-22)11(3)19-13(6-2)16-17-7-9-23-16/h1,7,9-10,13,19H,4,6,8H2,2-3H3. The third-order valence-electron chi connectivity index (χ3n) is 3.68. The second kappa shape index (κ2) is 6.26. The van der Waals surface area contributed by atoms with E-state index >= 15 is 0 Å². The molecule has 0 aliphatic rings. The lowest BCUT2D eigenvalue weighted by molar-refractivity contribution is 0.604. The first-order valence-electron chi connectivity index (χ1n) is 7.34. The number of imidazole rings is 1. The van der Waals surface area contributed by atoms with Crippen molar-refractivity contribution in [1.82, 2.24) is 29.5 Å². The number of aromatic nitrogens is 5. The van der Waals surface area contributed by atoms with Gasteiger partial charge in [0.05, 0.1) is 6.04 Å². The fourth-order valence-corrected chi connectivity index (χ4v) is 3.25. The lowest BCUT2D eigenvalue weighted by atomic mass is 10.2. The Balaban J connectivity index is 2.03. The maximum absolute atomic E-state index is 5.37. The van der Waals surface area contributed by atoms with Crippen LogP contribution in [-0.2, 0) is 6.54 Å². The molecule has 0 fully saturated rings. The zero-order valence-corrected chi connectivity index (χ0v) is 14.0. The van der Waals surface area contributed by atoms with Crippen molar-refractivity contribution in [3.05, 3.63) is 33.7 Å². The predicted octanol–water partition coefficient (Wildman–Crippen LogP) is 0.900. The van der Waals surface area contributed by atoms with E-state index in [0.717, 1.165) is 33.6 Å². The third kappa shape index (κ3) is 2.73. The van der Waals surface area contributed by atoms with Gasteiger partial charge in [-0.25, -0.2) is 14.6 Å². The van der Waals surface area contributed by atoms with Crippen molar-refractivity contribution in [2.24, 2.45) is 0 Å². The summed E-state index contributed by atoms with van der Waals surface area (Å²) in [4.78, 5) is 8.86. The molecule has 0 bridgehead atoms. The Morgan fingerprint density at radius 1 is 1.52 bits per heavy atom. The molecule has 1 atom stereocenters. The second-order valence-corrected chi connectivity index (χ2v) is 6.09. The topological polar surface area (TPSA) is 60.0 Å². The fourth-order valence-electron chi connectivity index (χ4n) is 2.48. The summed E-state index contributed by atoms with van der Waals surface area (Å²) in [7, 11) is 0. The molecule has 118 valence electrons. The molecule has 0 saturated carbocycles. The molecule has 3 aromatic rings. The van der Waals surface area contributed by atoms with Crippen molar-refractivity contribution in [3.63, 3.8) is 0 Å². The van der Waals surface area contributed by atoms with Gasteiger partial charge < -0.3 is 5.32 Å². The van der Waals surface area contributed by atoms with Crippen LogP contribution in [0.25, 0.3) is 17.9 Å². The first-order valence-corrected chi connectivity index (χ1v) is 8.22. The Kier molecular flexibility index (Phi) is 4.17. The molecule has 0 amide bonds. The monoisotopic (exact) mass is 326 g/mol. The van der Waals surface area contributed by atoms with E-state index in [1.807, 2.05) is 22.9 Å². The molecule has 23 heavy (non-hydrogen) atoms. The number of terminal acetylenes is 1. The summed E-state index contributed by atoms with van der Waals surface area (Å²) in [6, 6.07) is 0.166. The van der Waals surface area contributed by atoms with Crippen LogP contribution in [0.5, 0.6) is 0 Å². The van der Waals surface area contributed by atoms with Gasteiger partial charge in [0.15, 0.2) is 5.65 Å². The molecule has 0 aliphatic heterocycles. The maximum Gasteiger partial charge on any atom is 0.187 e. The summed E-state index contributed by atoms with van der Waals surface area (Å²) in [5.41, 5.74) is 2.43. The molecule has 0 aliphatic carbocycles. The zero-order chi connectivity index (χ0) is 16.4. The van der Waals surface area contributed by atoms with Crippen LogP contribution in [0.15, 0.2) is 17.9 Å². The number of rotatable bonds is 5. The highest BCUT2D eigenvalue weighted by Crippen LogP contribution is 2.19. The van der Waals surface area contributed by atoms with Crippen molar-refractivity contribution in [1.29, 1.82) is 0 Å². The van der Waals surface area contributed by atoms with E-state index in [2.05, 4.69) is 39.8 Å². The van der Waals surface area contributed by atoms with E-state index in [1.54, 1.807) is 22.3 Å². The van der Waals surface area contributed by atoms with Gasteiger partial charge in [-0.15, -0.1) is 22.9 Å². The quantitative estimate of drug-likeness (QED) is 0.708. The van der Waals surface area contributed by atoms with Crippen molar-refractivity contribution >= 4 is 29.3 Å². The van der Waals surface area contributed by atoms with Gasteiger partial charge in [-0.1, -0.05) is 19.4 Å². The second-order valence-electron chi connectivity index (χ2n) is 5.17. The fraction of sp³-hybridized carbons (Fsp3) is 0.312. The minimum Gasteiger partial charge on any atom is -0.378 e. The SMILES string of the molecule is C#CCn1nc2c(=C(C)NC(CC)c3nccs3)ncn2c1=C. The highest BCUT2D eigenvalue weighted by atomic mass is 32.1. The highest BCUT2D eigenvalue weighted by molar-refractivity contribution is 7.09. The molecule has 6 nitrogen and oxygen atoms in total. The van der Waals surface area contributed by atoms with E-state index in [1.165, 1.54) is 0 Å². The molecule has 7 heteroatoms. The summed E-state index contributed by atoms with van der Waals surface area (Å²) in [5.74, 6) is 2.58. The molecule has 3 heterocycles. The Morgan fingerprint density at radius 2 is 2.35 bits per heavy atom. The number of thiazole rings is 1. The van der Waals surface area contributed by atoms with Crippen LogP contribution in [0.3, 0.4) is 0 Å². The third-order valence-corrected chi connectivity index (χ3v) is 4.57. The van der Waals surface area contributed by atoms with E-state index in [9.17, 15) is 0 Å². The zero-order valence-electron chi connectivity index (χ0n) is 13.2. The minimum atomic E-state index is 0.166. The van der Waals surface area contributed by atoms with Crippen molar-refractivity contribution in [3.8, 4) is 12.3 Å². The van der Waals surface area contributed by atoms with Gasteiger partial charge in [-0.2, -0.15) is 0 Å². The predicted molar refractivity (Wildman–Crippen MR) is 91.9 cm³/mol. The lowest BCUT2D eigenvalue weighted by Crippen LogP contribution is -2.24. The summed E-state index contributed by atoms with van der Waals surface area (Å²) in [6.07, 6.45) is 9.86. The van der Waals surface area contributed by atoms with E-state index in [0.29, 0.717) is 6.54 Å². The molecule has 0 aromatic carbocycles. The summed E-state index contributed by atoms with van der Waals surface area (Å²) in [6.45, 7) is 8.53. The molecule has 3 rings (SSSR count). The largest absolute Gasteiger partial charge is 0.378 e. The average Bonchev–Trinajstić information content (AvgIpc) is 3.25. The van der Waals surface area contributed by atoms with E-state index < -0.39 is 0 Å². The van der Waals surface area contributed by atoms with Crippen molar-refractivity contribution in [2.75, 3.05) is 0 Å². The van der Waals surface area contributed by atoms with E-state index in [4.69, 9.17) is 6.42 Å².